The number of carbonyl (C=O) groups excluding carboxylic acids is 1. The van der Waals surface area contributed by atoms with E-state index in [0.717, 1.165) is 17.0 Å². The molecule has 2 aromatic rings. The Bertz CT molecular complexity index is 745. The number of methoxy groups -OCH3 is 1. The molecule has 0 saturated heterocycles. The highest BCUT2D eigenvalue weighted by Crippen LogP contribution is 2.31. The molecule has 0 aliphatic rings. The highest BCUT2D eigenvalue weighted by atomic mass is 35.5. The van der Waals surface area contributed by atoms with E-state index in [0.29, 0.717) is 41.8 Å². The van der Waals surface area contributed by atoms with E-state index in [4.69, 9.17) is 16.3 Å². The zero-order chi connectivity index (χ0) is 18.4. The molecule has 0 atom stereocenters. The third-order valence-corrected chi connectivity index (χ3v) is 4.01. The van der Waals surface area contributed by atoms with Gasteiger partial charge >= 0.3 is 0 Å². The fourth-order valence-electron chi connectivity index (χ4n) is 2.40. The predicted octanol–water partition coefficient (Wildman–Crippen LogP) is 3.89. The number of halogens is 1. The summed E-state index contributed by atoms with van der Waals surface area (Å²) in [5.41, 5.74) is 3.34. The van der Waals surface area contributed by atoms with E-state index >= 15 is 0 Å². The zero-order valence-corrected chi connectivity index (χ0v) is 15.7. The second kappa shape index (κ2) is 8.67. The molecule has 0 spiro atoms. The Kier molecular flexibility index (Phi) is 6.58. The minimum Gasteiger partial charge on any atom is -0.495 e. The van der Waals surface area contributed by atoms with Crippen molar-refractivity contribution in [3.8, 4) is 5.75 Å². The minimum absolute atomic E-state index is 0.0804. The highest BCUT2D eigenvalue weighted by Gasteiger charge is 2.10. The maximum absolute atomic E-state index is 12.1. The Balaban J connectivity index is 1.84. The summed E-state index contributed by atoms with van der Waals surface area (Å²) in [7, 11) is 1.55. The maximum Gasteiger partial charge on any atom is 0.224 e. The Labute approximate surface area is 153 Å². The molecule has 0 saturated carbocycles. The summed E-state index contributed by atoms with van der Waals surface area (Å²) in [5.74, 6) is 1.06. The number of benzene rings is 1. The number of hydrogen-bond acceptors (Lipinski definition) is 5. The van der Waals surface area contributed by atoms with E-state index in [9.17, 15) is 4.79 Å². The number of nitrogens with one attached hydrogen (secondary N) is 2. The van der Waals surface area contributed by atoms with Crippen LogP contribution >= 0.6 is 11.6 Å². The SMILES string of the molecule is COc1cc(Cl)c(C)cc1NC(=O)CCCNc1nc(C)cc(C)n1. The van der Waals surface area contributed by atoms with Crippen LogP contribution in [0.3, 0.4) is 0 Å². The van der Waals surface area contributed by atoms with E-state index in [-0.39, 0.29) is 5.91 Å². The van der Waals surface area contributed by atoms with Crippen LogP contribution in [-0.4, -0.2) is 29.5 Å². The van der Waals surface area contributed by atoms with Gasteiger partial charge in [-0.2, -0.15) is 0 Å². The van der Waals surface area contributed by atoms with Crippen LogP contribution in [0.2, 0.25) is 5.02 Å². The maximum atomic E-state index is 12.1. The standard InChI is InChI=1S/C18H23ClN4O2/c1-11-8-15(16(25-4)10-14(11)19)23-17(24)6-5-7-20-18-21-12(2)9-13(3)22-18/h8-10H,5-7H2,1-4H3,(H,23,24)(H,20,21,22). The summed E-state index contributed by atoms with van der Waals surface area (Å²) in [6.07, 6.45) is 1.04. The van der Waals surface area contributed by atoms with Crippen molar-refractivity contribution in [1.29, 1.82) is 0 Å². The number of carbonyl (C=O) groups is 1. The van der Waals surface area contributed by atoms with Gasteiger partial charge in [0.25, 0.3) is 0 Å². The van der Waals surface area contributed by atoms with Crippen molar-refractivity contribution in [2.24, 2.45) is 0 Å². The van der Waals surface area contributed by atoms with Gasteiger partial charge in [0.05, 0.1) is 12.8 Å². The van der Waals surface area contributed by atoms with Gasteiger partial charge in [0.2, 0.25) is 11.9 Å². The molecule has 2 rings (SSSR count). The normalized spacial score (nSPS) is 10.4. The van der Waals surface area contributed by atoms with Gasteiger partial charge in [-0.05, 0) is 44.9 Å². The van der Waals surface area contributed by atoms with Crippen LogP contribution in [0.15, 0.2) is 18.2 Å². The Morgan fingerprint density at radius 2 is 1.84 bits per heavy atom. The van der Waals surface area contributed by atoms with E-state index in [2.05, 4.69) is 20.6 Å². The lowest BCUT2D eigenvalue weighted by atomic mass is 10.2. The van der Waals surface area contributed by atoms with Gasteiger partial charge < -0.3 is 15.4 Å². The van der Waals surface area contributed by atoms with Crippen molar-refractivity contribution in [1.82, 2.24) is 9.97 Å². The molecule has 6 nitrogen and oxygen atoms in total. The number of ether oxygens (including phenoxy) is 1. The van der Waals surface area contributed by atoms with Gasteiger partial charge in [-0.1, -0.05) is 11.6 Å². The largest absolute Gasteiger partial charge is 0.495 e. The number of rotatable bonds is 7. The first-order valence-corrected chi connectivity index (χ1v) is 8.47. The highest BCUT2D eigenvalue weighted by molar-refractivity contribution is 6.31. The van der Waals surface area contributed by atoms with Gasteiger partial charge in [-0.25, -0.2) is 9.97 Å². The van der Waals surface area contributed by atoms with E-state index in [1.165, 1.54) is 0 Å². The van der Waals surface area contributed by atoms with Crippen LogP contribution in [0.25, 0.3) is 0 Å². The average Bonchev–Trinajstić information content (AvgIpc) is 2.54. The summed E-state index contributed by atoms with van der Waals surface area (Å²) in [5, 5.41) is 6.61. The molecule has 0 unspecified atom stereocenters. The van der Waals surface area contributed by atoms with Crippen molar-refractivity contribution >= 4 is 29.1 Å². The average molecular weight is 363 g/mol. The van der Waals surface area contributed by atoms with Gasteiger partial charge in [-0.3, -0.25) is 4.79 Å². The quantitative estimate of drug-likeness (QED) is 0.730. The van der Waals surface area contributed by atoms with Crippen LogP contribution in [-0.2, 0) is 4.79 Å². The monoisotopic (exact) mass is 362 g/mol. The molecule has 1 heterocycles. The Morgan fingerprint density at radius 1 is 1.16 bits per heavy atom. The van der Waals surface area contributed by atoms with Crippen LogP contribution in [0, 0.1) is 20.8 Å². The van der Waals surface area contributed by atoms with Gasteiger partial charge in [0.15, 0.2) is 0 Å². The first kappa shape index (κ1) is 19.0. The molecule has 25 heavy (non-hydrogen) atoms. The second-order valence-corrected chi connectivity index (χ2v) is 6.26. The van der Waals surface area contributed by atoms with Crippen LogP contribution in [0.5, 0.6) is 5.75 Å². The summed E-state index contributed by atoms with van der Waals surface area (Å²) < 4.78 is 5.26. The van der Waals surface area contributed by atoms with Crippen molar-refractivity contribution in [3.63, 3.8) is 0 Å². The minimum atomic E-state index is -0.0804. The van der Waals surface area contributed by atoms with Gasteiger partial charge in [-0.15, -0.1) is 0 Å². The van der Waals surface area contributed by atoms with Crippen LogP contribution < -0.4 is 15.4 Å². The van der Waals surface area contributed by atoms with Crippen LogP contribution in [0.4, 0.5) is 11.6 Å². The smallest absolute Gasteiger partial charge is 0.224 e. The number of nitrogens with zero attached hydrogens (tertiary/aromatic N) is 2. The molecule has 1 amide bonds. The second-order valence-electron chi connectivity index (χ2n) is 5.85. The Hall–Kier alpha value is -2.34. The van der Waals surface area contributed by atoms with Gasteiger partial charge in [0, 0.05) is 35.4 Å². The molecular formula is C18H23ClN4O2. The summed E-state index contributed by atoms with van der Waals surface area (Å²) >= 11 is 6.07. The third kappa shape index (κ3) is 5.60. The number of anilines is 2. The molecule has 0 aliphatic carbocycles. The number of amides is 1. The zero-order valence-electron chi connectivity index (χ0n) is 14.9. The van der Waals surface area contributed by atoms with E-state index in [1.54, 1.807) is 19.2 Å². The van der Waals surface area contributed by atoms with E-state index in [1.807, 2.05) is 26.8 Å². The fraction of sp³-hybridized carbons (Fsp3) is 0.389. The third-order valence-electron chi connectivity index (χ3n) is 3.60. The molecule has 1 aromatic heterocycles. The predicted molar refractivity (Wildman–Crippen MR) is 101 cm³/mol. The van der Waals surface area contributed by atoms with Crippen molar-refractivity contribution in [2.45, 2.75) is 33.6 Å². The number of aryl methyl sites for hydroxylation is 3. The lowest BCUT2D eigenvalue weighted by Crippen LogP contribution is -2.15. The molecule has 134 valence electrons. The Morgan fingerprint density at radius 3 is 2.48 bits per heavy atom. The number of hydrogen-bond donors (Lipinski definition) is 2. The van der Waals surface area contributed by atoms with Crippen molar-refractivity contribution in [2.75, 3.05) is 24.3 Å². The molecule has 0 bridgehead atoms. The van der Waals surface area contributed by atoms with Crippen molar-refractivity contribution < 1.29 is 9.53 Å². The number of aromatic nitrogens is 2. The fourth-order valence-corrected chi connectivity index (χ4v) is 2.55. The molecular weight excluding hydrogens is 340 g/mol. The van der Waals surface area contributed by atoms with Gasteiger partial charge in [0.1, 0.15) is 5.75 Å². The van der Waals surface area contributed by atoms with E-state index < -0.39 is 0 Å². The molecule has 2 N–H and O–H groups in total. The summed E-state index contributed by atoms with van der Waals surface area (Å²) in [6.45, 7) is 6.35. The summed E-state index contributed by atoms with van der Waals surface area (Å²) in [6, 6.07) is 5.42. The lowest BCUT2D eigenvalue weighted by molar-refractivity contribution is -0.116. The molecule has 0 radical (unpaired) electrons. The first-order chi connectivity index (χ1) is 11.9. The molecule has 0 fully saturated rings. The molecule has 1 aromatic carbocycles. The topological polar surface area (TPSA) is 76.1 Å². The first-order valence-electron chi connectivity index (χ1n) is 8.09. The molecule has 7 heteroatoms. The molecule has 0 aliphatic heterocycles. The van der Waals surface area contributed by atoms with Crippen molar-refractivity contribution in [3.05, 3.63) is 40.2 Å². The lowest BCUT2D eigenvalue weighted by Gasteiger charge is -2.12. The van der Waals surface area contributed by atoms with Crippen LogP contribution in [0.1, 0.15) is 29.8 Å². The summed E-state index contributed by atoms with van der Waals surface area (Å²) in [4.78, 5) is 20.8.